The Morgan fingerprint density at radius 1 is 1.11 bits per heavy atom. The van der Waals surface area contributed by atoms with Crippen LogP contribution in [0.5, 0.6) is 0 Å². The van der Waals surface area contributed by atoms with Crippen molar-refractivity contribution in [3.63, 3.8) is 0 Å². The van der Waals surface area contributed by atoms with Crippen LogP contribution < -0.4 is 10.2 Å². The number of nitrogens with zero attached hydrogens (tertiary/aromatic N) is 1. The number of hydrogen-bond donors (Lipinski definition) is 1. The molecule has 0 spiro atoms. The second kappa shape index (κ2) is 5.96. The van der Waals surface area contributed by atoms with E-state index < -0.39 is 0 Å². The fourth-order valence-electron chi connectivity index (χ4n) is 3.77. The van der Waals surface area contributed by atoms with Gasteiger partial charge in [-0.2, -0.15) is 0 Å². The zero-order valence-electron chi connectivity index (χ0n) is 12.1. The van der Waals surface area contributed by atoms with E-state index in [2.05, 4.69) is 41.4 Å². The van der Waals surface area contributed by atoms with Crippen molar-refractivity contribution in [3.8, 4) is 0 Å². The van der Waals surface area contributed by atoms with Gasteiger partial charge in [-0.3, -0.25) is 0 Å². The van der Waals surface area contributed by atoms with E-state index in [0.717, 1.165) is 19.0 Å². The highest BCUT2D eigenvalue weighted by molar-refractivity contribution is 5.53. The molecule has 2 heteroatoms. The van der Waals surface area contributed by atoms with Crippen molar-refractivity contribution >= 4 is 5.69 Å². The number of aryl methyl sites for hydroxylation is 1. The lowest BCUT2D eigenvalue weighted by Crippen LogP contribution is -2.54. The van der Waals surface area contributed by atoms with Crippen LogP contribution in [0.15, 0.2) is 24.3 Å². The van der Waals surface area contributed by atoms with E-state index in [9.17, 15) is 0 Å². The Kier molecular flexibility index (Phi) is 4.07. The van der Waals surface area contributed by atoms with Crippen LogP contribution >= 0.6 is 0 Å². The second-order valence-electron chi connectivity index (χ2n) is 6.19. The third-order valence-corrected chi connectivity index (χ3v) is 4.88. The normalized spacial score (nSPS) is 25.5. The third kappa shape index (κ3) is 2.94. The fraction of sp³-hybridized carbons (Fsp3) is 0.647. The molecule has 1 aromatic carbocycles. The van der Waals surface area contributed by atoms with Gasteiger partial charge in [-0.15, -0.1) is 0 Å². The van der Waals surface area contributed by atoms with Crippen LogP contribution in [0.25, 0.3) is 0 Å². The minimum Gasteiger partial charge on any atom is -0.368 e. The van der Waals surface area contributed by atoms with Crippen molar-refractivity contribution in [2.45, 2.75) is 45.1 Å². The summed E-state index contributed by atoms with van der Waals surface area (Å²) in [4.78, 5) is 2.59. The molecule has 2 aliphatic rings. The monoisotopic (exact) mass is 258 g/mol. The first kappa shape index (κ1) is 13.0. The first-order chi connectivity index (χ1) is 9.34. The van der Waals surface area contributed by atoms with E-state index >= 15 is 0 Å². The molecule has 1 saturated carbocycles. The third-order valence-electron chi connectivity index (χ3n) is 4.88. The molecule has 1 aromatic rings. The Morgan fingerprint density at radius 3 is 2.68 bits per heavy atom. The number of piperazine rings is 1. The topological polar surface area (TPSA) is 15.3 Å². The molecule has 1 unspecified atom stereocenters. The van der Waals surface area contributed by atoms with Crippen molar-refractivity contribution < 1.29 is 0 Å². The molecule has 0 amide bonds. The lowest BCUT2D eigenvalue weighted by Gasteiger charge is -2.40. The van der Waals surface area contributed by atoms with Crippen LogP contribution in [0.1, 0.15) is 37.7 Å². The molecule has 3 rings (SSSR count). The minimum absolute atomic E-state index is 0.702. The largest absolute Gasteiger partial charge is 0.368 e. The average molecular weight is 258 g/mol. The Balaban J connectivity index is 1.69. The molecule has 2 fully saturated rings. The Bertz CT molecular complexity index is 409. The molecule has 1 saturated heterocycles. The zero-order chi connectivity index (χ0) is 13.1. The van der Waals surface area contributed by atoms with Gasteiger partial charge in [-0.05, 0) is 37.3 Å². The Labute approximate surface area is 117 Å². The van der Waals surface area contributed by atoms with Gasteiger partial charge in [0, 0.05) is 31.4 Å². The predicted molar refractivity (Wildman–Crippen MR) is 81.8 cm³/mol. The maximum Gasteiger partial charge on any atom is 0.0396 e. The van der Waals surface area contributed by atoms with Crippen molar-refractivity contribution in [3.05, 3.63) is 29.8 Å². The van der Waals surface area contributed by atoms with Crippen LogP contribution in [-0.2, 0) is 0 Å². The smallest absolute Gasteiger partial charge is 0.0396 e. The lowest BCUT2D eigenvalue weighted by atomic mass is 9.83. The van der Waals surface area contributed by atoms with Gasteiger partial charge < -0.3 is 10.2 Å². The lowest BCUT2D eigenvalue weighted by molar-refractivity contribution is 0.257. The van der Waals surface area contributed by atoms with Gasteiger partial charge in [0.25, 0.3) is 0 Å². The highest BCUT2D eigenvalue weighted by Crippen LogP contribution is 2.29. The molecule has 1 heterocycles. The maximum absolute atomic E-state index is 3.77. The number of rotatable bonds is 2. The van der Waals surface area contributed by atoms with Crippen molar-refractivity contribution in [1.82, 2.24) is 5.32 Å². The quantitative estimate of drug-likeness (QED) is 0.875. The van der Waals surface area contributed by atoms with E-state index in [1.807, 2.05) is 0 Å². The number of benzene rings is 1. The summed E-state index contributed by atoms with van der Waals surface area (Å²) in [5, 5.41) is 3.77. The Morgan fingerprint density at radius 2 is 1.89 bits per heavy atom. The van der Waals surface area contributed by atoms with Gasteiger partial charge in [-0.1, -0.05) is 37.5 Å². The molecular weight excluding hydrogens is 232 g/mol. The van der Waals surface area contributed by atoms with Gasteiger partial charge in [0.05, 0.1) is 0 Å². The van der Waals surface area contributed by atoms with Gasteiger partial charge in [0.1, 0.15) is 0 Å². The summed E-state index contributed by atoms with van der Waals surface area (Å²) in [6.07, 6.45) is 7.18. The summed E-state index contributed by atoms with van der Waals surface area (Å²) >= 11 is 0. The van der Waals surface area contributed by atoms with Crippen LogP contribution in [0.3, 0.4) is 0 Å². The van der Waals surface area contributed by atoms with Crippen LogP contribution in [0.2, 0.25) is 0 Å². The highest BCUT2D eigenvalue weighted by atomic mass is 15.2. The minimum atomic E-state index is 0.702. The van der Waals surface area contributed by atoms with E-state index in [-0.39, 0.29) is 0 Å². The van der Waals surface area contributed by atoms with Gasteiger partial charge in [0.2, 0.25) is 0 Å². The van der Waals surface area contributed by atoms with Crippen LogP contribution in [-0.4, -0.2) is 25.7 Å². The summed E-state index contributed by atoms with van der Waals surface area (Å²) in [6, 6.07) is 9.51. The van der Waals surface area contributed by atoms with Crippen molar-refractivity contribution in [2.24, 2.45) is 5.92 Å². The predicted octanol–water partition coefficient (Wildman–Crippen LogP) is 3.35. The van der Waals surface area contributed by atoms with E-state index in [1.165, 1.54) is 49.9 Å². The second-order valence-corrected chi connectivity index (χ2v) is 6.19. The average Bonchev–Trinajstić information content (AvgIpc) is 2.49. The van der Waals surface area contributed by atoms with Crippen molar-refractivity contribution in [2.75, 3.05) is 24.5 Å². The van der Waals surface area contributed by atoms with Gasteiger partial charge >= 0.3 is 0 Å². The molecule has 1 aliphatic carbocycles. The Hall–Kier alpha value is -1.02. The molecule has 0 bridgehead atoms. The number of para-hydroxylation sites is 1. The number of anilines is 1. The summed E-state index contributed by atoms with van der Waals surface area (Å²) in [7, 11) is 0. The van der Waals surface area contributed by atoms with Crippen molar-refractivity contribution in [1.29, 1.82) is 0 Å². The van der Waals surface area contributed by atoms with E-state index in [0.29, 0.717) is 6.04 Å². The zero-order valence-corrected chi connectivity index (χ0v) is 12.1. The summed E-state index contributed by atoms with van der Waals surface area (Å²) < 4.78 is 0. The summed E-state index contributed by atoms with van der Waals surface area (Å²) in [6.45, 7) is 5.70. The SMILES string of the molecule is Cc1ccccc1N1CCNC(C2CCCCC2)C1. The molecule has 2 nitrogen and oxygen atoms in total. The summed E-state index contributed by atoms with van der Waals surface area (Å²) in [5.74, 6) is 0.903. The van der Waals surface area contributed by atoms with Gasteiger partial charge in [0.15, 0.2) is 0 Å². The van der Waals surface area contributed by atoms with E-state index in [1.54, 1.807) is 0 Å². The first-order valence-corrected chi connectivity index (χ1v) is 7.88. The van der Waals surface area contributed by atoms with Gasteiger partial charge in [-0.25, -0.2) is 0 Å². The number of hydrogen-bond acceptors (Lipinski definition) is 2. The highest BCUT2D eigenvalue weighted by Gasteiger charge is 2.28. The number of nitrogens with one attached hydrogen (secondary N) is 1. The molecule has 1 atom stereocenters. The standard InChI is InChI=1S/C17H26N2/c1-14-7-5-6-10-17(14)19-12-11-18-16(13-19)15-8-3-2-4-9-15/h5-7,10,15-16,18H,2-4,8-9,11-13H2,1H3. The molecule has 0 aromatic heterocycles. The van der Waals surface area contributed by atoms with E-state index in [4.69, 9.17) is 0 Å². The van der Waals surface area contributed by atoms with Crippen LogP contribution in [0.4, 0.5) is 5.69 Å². The molecule has 104 valence electrons. The van der Waals surface area contributed by atoms with Crippen LogP contribution in [0, 0.1) is 12.8 Å². The maximum atomic E-state index is 3.77. The fourth-order valence-corrected chi connectivity index (χ4v) is 3.77. The molecular formula is C17H26N2. The molecule has 19 heavy (non-hydrogen) atoms. The summed E-state index contributed by atoms with van der Waals surface area (Å²) in [5.41, 5.74) is 2.84. The molecule has 1 aliphatic heterocycles. The molecule has 1 N–H and O–H groups in total. The molecule has 0 radical (unpaired) electrons. The first-order valence-electron chi connectivity index (χ1n) is 7.88.